The minimum atomic E-state index is 1.19. The standard InChI is InChI=1S/C6H9/c1-2-4-6-5-3-1/h1-2,5H,3-4,6H2. The monoisotopic (exact) mass is 81.1 g/mol. The summed E-state index contributed by atoms with van der Waals surface area (Å²) in [6.45, 7) is 0. The lowest BCUT2D eigenvalue weighted by Gasteiger charge is -1.97. The van der Waals surface area contributed by atoms with Crippen LogP contribution in [-0.2, 0) is 0 Å². The Kier molecular flexibility index (Phi) is 1.31. The van der Waals surface area contributed by atoms with Gasteiger partial charge in [-0.15, -0.1) is 0 Å². The van der Waals surface area contributed by atoms with Gasteiger partial charge in [0, 0.05) is 0 Å². The summed E-state index contributed by atoms with van der Waals surface area (Å²) in [5, 5.41) is 0. The maximum absolute atomic E-state index is 2.31. The van der Waals surface area contributed by atoms with E-state index in [9.17, 15) is 0 Å². The van der Waals surface area contributed by atoms with Gasteiger partial charge in [-0.1, -0.05) is 12.2 Å². The summed E-state index contributed by atoms with van der Waals surface area (Å²) in [5.74, 6) is 0. The molecule has 0 unspecified atom stereocenters. The van der Waals surface area contributed by atoms with Crippen LogP contribution < -0.4 is 0 Å². The van der Waals surface area contributed by atoms with E-state index < -0.39 is 0 Å². The minimum absolute atomic E-state index is 1.19. The molecule has 0 atom stereocenters. The summed E-state index contributed by atoms with van der Waals surface area (Å²) < 4.78 is 0. The third-order valence-electron chi connectivity index (χ3n) is 1.01. The van der Waals surface area contributed by atoms with Gasteiger partial charge in [0.05, 0.1) is 0 Å². The highest BCUT2D eigenvalue weighted by Gasteiger charge is 1.87. The summed E-state index contributed by atoms with van der Waals surface area (Å²) in [6.07, 6.45) is 10.5. The summed E-state index contributed by atoms with van der Waals surface area (Å²) in [7, 11) is 0. The van der Waals surface area contributed by atoms with Crippen LogP contribution in [0.5, 0.6) is 0 Å². The van der Waals surface area contributed by atoms with Crippen molar-refractivity contribution in [2.45, 2.75) is 19.3 Å². The normalized spacial score (nSPS) is 21.3. The van der Waals surface area contributed by atoms with Gasteiger partial charge in [-0.05, 0) is 25.7 Å². The van der Waals surface area contributed by atoms with Crippen molar-refractivity contribution in [3.05, 3.63) is 18.6 Å². The van der Waals surface area contributed by atoms with Gasteiger partial charge in [0.15, 0.2) is 0 Å². The molecule has 0 saturated carbocycles. The van der Waals surface area contributed by atoms with Crippen molar-refractivity contribution in [2.24, 2.45) is 0 Å². The lowest BCUT2D eigenvalue weighted by molar-refractivity contribution is 0.893. The van der Waals surface area contributed by atoms with Crippen molar-refractivity contribution in [3.63, 3.8) is 0 Å². The summed E-state index contributed by atoms with van der Waals surface area (Å²) in [4.78, 5) is 0. The van der Waals surface area contributed by atoms with Crippen LogP contribution in [0.2, 0.25) is 0 Å². The van der Waals surface area contributed by atoms with Crippen LogP contribution in [0.3, 0.4) is 0 Å². The van der Waals surface area contributed by atoms with Gasteiger partial charge in [-0.3, -0.25) is 0 Å². The van der Waals surface area contributed by atoms with Crippen LogP contribution in [0.4, 0.5) is 0 Å². The molecule has 1 aliphatic carbocycles. The number of allylic oxidation sites excluding steroid dienone is 2. The van der Waals surface area contributed by atoms with E-state index >= 15 is 0 Å². The lowest BCUT2D eigenvalue weighted by Crippen LogP contribution is -1.78. The van der Waals surface area contributed by atoms with Crippen molar-refractivity contribution in [3.8, 4) is 0 Å². The van der Waals surface area contributed by atoms with Gasteiger partial charge in [0.1, 0.15) is 0 Å². The van der Waals surface area contributed by atoms with Crippen LogP contribution in [0.25, 0.3) is 0 Å². The first-order valence-electron chi connectivity index (χ1n) is 2.47. The van der Waals surface area contributed by atoms with Gasteiger partial charge in [-0.25, -0.2) is 0 Å². The van der Waals surface area contributed by atoms with Crippen LogP contribution >= 0.6 is 0 Å². The third-order valence-corrected chi connectivity index (χ3v) is 1.01. The fraction of sp³-hybridized carbons (Fsp3) is 0.500. The Morgan fingerprint density at radius 3 is 2.17 bits per heavy atom. The molecule has 0 aromatic carbocycles. The molecule has 0 aliphatic heterocycles. The molecular formula is C6H9. The molecule has 0 spiro atoms. The largest absolute Gasteiger partial charge is 0.0885 e. The van der Waals surface area contributed by atoms with Crippen LogP contribution in [0.15, 0.2) is 12.2 Å². The minimum Gasteiger partial charge on any atom is -0.0885 e. The van der Waals surface area contributed by atoms with E-state index in [0.29, 0.717) is 0 Å². The van der Waals surface area contributed by atoms with Crippen molar-refractivity contribution < 1.29 is 0 Å². The zero-order valence-electron chi connectivity index (χ0n) is 3.85. The molecule has 0 nitrogen and oxygen atoms in total. The van der Waals surface area contributed by atoms with E-state index in [1.807, 2.05) is 0 Å². The maximum atomic E-state index is 2.31. The predicted molar refractivity (Wildman–Crippen MR) is 27.3 cm³/mol. The highest BCUT2D eigenvalue weighted by molar-refractivity contribution is 4.93. The van der Waals surface area contributed by atoms with E-state index in [-0.39, 0.29) is 0 Å². The molecule has 0 amide bonds. The van der Waals surface area contributed by atoms with Crippen molar-refractivity contribution in [2.75, 3.05) is 0 Å². The van der Waals surface area contributed by atoms with Gasteiger partial charge in [-0.2, -0.15) is 0 Å². The Balaban J connectivity index is 2.26. The Bertz CT molecular complexity index is 45.1. The number of hydrogen-bond donors (Lipinski definition) is 0. The molecule has 0 N–H and O–H groups in total. The smallest absolute Gasteiger partial charge is 0.0319 e. The molecular weight excluding hydrogens is 72.1 g/mol. The van der Waals surface area contributed by atoms with Crippen molar-refractivity contribution >= 4 is 0 Å². The molecule has 6 heavy (non-hydrogen) atoms. The van der Waals surface area contributed by atoms with Gasteiger partial charge in [0.2, 0.25) is 0 Å². The SMILES string of the molecule is [CH]1CC=CCC1. The molecule has 0 heterocycles. The van der Waals surface area contributed by atoms with Crippen LogP contribution in [0, 0.1) is 6.42 Å². The van der Waals surface area contributed by atoms with Gasteiger partial charge >= 0.3 is 0 Å². The molecule has 1 rings (SSSR count). The van der Waals surface area contributed by atoms with Crippen molar-refractivity contribution in [1.29, 1.82) is 0 Å². The molecule has 0 bridgehead atoms. The molecule has 0 heteroatoms. The first-order valence-corrected chi connectivity index (χ1v) is 2.47. The lowest BCUT2D eigenvalue weighted by atomic mass is 10.1. The van der Waals surface area contributed by atoms with Crippen molar-refractivity contribution in [1.82, 2.24) is 0 Å². The summed E-state index contributed by atoms with van der Waals surface area (Å²) >= 11 is 0. The summed E-state index contributed by atoms with van der Waals surface area (Å²) in [6, 6.07) is 0. The first-order chi connectivity index (χ1) is 3.00. The zero-order valence-corrected chi connectivity index (χ0v) is 3.85. The van der Waals surface area contributed by atoms with Crippen LogP contribution in [0.1, 0.15) is 19.3 Å². The van der Waals surface area contributed by atoms with Crippen LogP contribution in [-0.4, -0.2) is 0 Å². The predicted octanol–water partition coefficient (Wildman–Crippen LogP) is 1.93. The molecule has 1 aliphatic rings. The van der Waals surface area contributed by atoms with E-state index in [1.54, 1.807) is 0 Å². The van der Waals surface area contributed by atoms with Gasteiger partial charge < -0.3 is 0 Å². The first kappa shape index (κ1) is 3.91. The second-order valence-electron chi connectivity index (χ2n) is 1.57. The molecule has 0 aromatic rings. The van der Waals surface area contributed by atoms with Gasteiger partial charge in [0.25, 0.3) is 0 Å². The Labute approximate surface area is 38.9 Å². The highest BCUT2D eigenvalue weighted by atomic mass is 13.9. The van der Waals surface area contributed by atoms with E-state index in [2.05, 4.69) is 18.6 Å². The molecule has 33 valence electrons. The molecule has 0 fully saturated rings. The molecule has 0 aromatic heterocycles. The summed E-state index contributed by atoms with van der Waals surface area (Å²) in [5.41, 5.74) is 0. The average Bonchev–Trinajstić information content (AvgIpc) is 1.72. The second-order valence-corrected chi connectivity index (χ2v) is 1.57. The highest BCUT2D eigenvalue weighted by Crippen LogP contribution is 2.05. The number of hydrogen-bond acceptors (Lipinski definition) is 0. The number of rotatable bonds is 0. The molecule has 1 radical (unpaired) electrons. The topological polar surface area (TPSA) is 0 Å². The fourth-order valence-electron chi connectivity index (χ4n) is 0.642. The fourth-order valence-corrected chi connectivity index (χ4v) is 0.642. The van der Waals surface area contributed by atoms with E-state index in [1.165, 1.54) is 19.3 Å². The van der Waals surface area contributed by atoms with E-state index in [0.717, 1.165) is 0 Å². The zero-order chi connectivity index (χ0) is 4.24. The van der Waals surface area contributed by atoms with E-state index in [4.69, 9.17) is 0 Å². The Morgan fingerprint density at radius 2 is 2.00 bits per heavy atom. The maximum Gasteiger partial charge on any atom is -0.0319 e. The Hall–Kier alpha value is -0.260. The third kappa shape index (κ3) is 0.852. The molecule has 0 saturated heterocycles. The average molecular weight is 81.1 g/mol. The second kappa shape index (κ2) is 2.01. The Morgan fingerprint density at radius 1 is 1.00 bits per heavy atom. The quantitative estimate of drug-likeness (QED) is 0.391.